The lowest BCUT2D eigenvalue weighted by Gasteiger charge is -2.30. The van der Waals surface area contributed by atoms with Crippen LogP contribution in [0.2, 0.25) is 0 Å². The van der Waals surface area contributed by atoms with Crippen LogP contribution in [-0.4, -0.2) is 35.0 Å². The Morgan fingerprint density at radius 2 is 2.00 bits per heavy atom. The van der Waals surface area contributed by atoms with Crippen molar-refractivity contribution in [3.63, 3.8) is 0 Å². The van der Waals surface area contributed by atoms with Gasteiger partial charge in [-0.05, 0) is 26.3 Å². The van der Waals surface area contributed by atoms with E-state index >= 15 is 0 Å². The number of carboxylic acid groups (broad SMARTS) is 1. The highest BCUT2D eigenvalue weighted by atomic mass is 19.1. The van der Waals surface area contributed by atoms with Gasteiger partial charge in [-0.15, -0.1) is 0 Å². The van der Waals surface area contributed by atoms with Crippen LogP contribution < -0.4 is 0 Å². The van der Waals surface area contributed by atoms with Crippen molar-refractivity contribution in [2.45, 2.75) is 25.7 Å². The maximum absolute atomic E-state index is 13.9. The van der Waals surface area contributed by atoms with Crippen LogP contribution in [0.1, 0.15) is 25.8 Å². The van der Waals surface area contributed by atoms with Crippen LogP contribution in [0.15, 0.2) is 24.3 Å². The molecule has 1 aliphatic heterocycles. The molecule has 0 unspecified atom stereocenters. The lowest BCUT2D eigenvalue weighted by Crippen LogP contribution is -2.43. The van der Waals surface area contributed by atoms with Crippen molar-refractivity contribution in [3.05, 3.63) is 35.6 Å². The van der Waals surface area contributed by atoms with E-state index in [4.69, 9.17) is 5.11 Å². The molecule has 0 bridgehead atoms. The molecule has 1 aromatic rings. The Morgan fingerprint density at radius 3 is 2.55 bits per heavy atom. The maximum atomic E-state index is 13.9. The first-order valence-corrected chi connectivity index (χ1v) is 6.61. The van der Waals surface area contributed by atoms with E-state index in [1.807, 2.05) is 0 Å². The van der Waals surface area contributed by atoms with E-state index in [1.54, 1.807) is 32.0 Å². The Kier molecular flexibility index (Phi) is 3.79. The number of amides is 1. The number of likely N-dealkylation sites (tertiary alicyclic amines) is 1. The molecule has 1 saturated heterocycles. The highest BCUT2D eigenvalue weighted by molar-refractivity contribution is 5.88. The predicted molar refractivity (Wildman–Crippen MR) is 71.7 cm³/mol. The molecule has 1 atom stereocenters. The van der Waals surface area contributed by atoms with Crippen LogP contribution in [0.5, 0.6) is 0 Å². The van der Waals surface area contributed by atoms with E-state index in [0.717, 1.165) is 0 Å². The average molecular weight is 279 g/mol. The standard InChI is InChI=1S/C15H18FNO3/c1-15(2,11-5-3-4-6-12(11)16)14(20)17-8-7-10(9-17)13(18)19/h3-6,10H,7-9H2,1-2H3,(H,18,19)/t10-/m1/s1. The third kappa shape index (κ3) is 2.53. The van der Waals surface area contributed by atoms with Gasteiger partial charge < -0.3 is 10.0 Å². The van der Waals surface area contributed by atoms with Crippen molar-refractivity contribution >= 4 is 11.9 Å². The van der Waals surface area contributed by atoms with Gasteiger partial charge in [0.2, 0.25) is 5.91 Å². The molecule has 4 nitrogen and oxygen atoms in total. The molecule has 1 amide bonds. The van der Waals surface area contributed by atoms with E-state index in [1.165, 1.54) is 11.0 Å². The smallest absolute Gasteiger partial charge is 0.308 e. The van der Waals surface area contributed by atoms with Crippen molar-refractivity contribution in [2.24, 2.45) is 5.92 Å². The van der Waals surface area contributed by atoms with E-state index < -0.39 is 23.1 Å². The van der Waals surface area contributed by atoms with Gasteiger partial charge in [-0.3, -0.25) is 9.59 Å². The van der Waals surface area contributed by atoms with E-state index in [2.05, 4.69) is 0 Å². The topological polar surface area (TPSA) is 57.6 Å². The number of hydrogen-bond donors (Lipinski definition) is 1. The predicted octanol–water partition coefficient (Wildman–Crippen LogP) is 2.04. The molecule has 1 aromatic carbocycles. The zero-order valence-corrected chi connectivity index (χ0v) is 11.6. The SMILES string of the molecule is CC(C)(C(=O)N1CC[C@@H](C(=O)O)C1)c1ccccc1F. The van der Waals surface area contributed by atoms with Gasteiger partial charge in [0, 0.05) is 18.7 Å². The summed E-state index contributed by atoms with van der Waals surface area (Å²) in [4.78, 5) is 25.0. The fourth-order valence-electron chi connectivity index (χ4n) is 2.62. The molecule has 0 radical (unpaired) electrons. The Bertz CT molecular complexity index is 542. The second-order valence-electron chi connectivity index (χ2n) is 5.68. The first kappa shape index (κ1) is 14.5. The maximum Gasteiger partial charge on any atom is 0.308 e. The molecule has 1 aliphatic rings. The zero-order valence-electron chi connectivity index (χ0n) is 11.6. The number of benzene rings is 1. The second kappa shape index (κ2) is 5.23. The van der Waals surface area contributed by atoms with Gasteiger partial charge in [0.25, 0.3) is 0 Å². The molecular formula is C15H18FNO3. The minimum atomic E-state index is -1.00. The first-order chi connectivity index (χ1) is 9.34. The molecule has 0 spiro atoms. The summed E-state index contributed by atoms with van der Waals surface area (Å²) >= 11 is 0. The number of rotatable bonds is 3. The Morgan fingerprint density at radius 1 is 1.35 bits per heavy atom. The summed E-state index contributed by atoms with van der Waals surface area (Å²) in [5.41, 5.74) is -0.664. The molecule has 0 saturated carbocycles. The number of carbonyl (C=O) groups excluding carboxylic acids is 1. The fraction of sp³-hybridized carbons (Fsp3) is 0.467. The molecule has 1 heterocycles. The van der Waals surface area contributed by atoms with E-state index in [0.29, 0.717) is 18.5 Å². The summed E-state index contributed by atoms with van der Waals surface area (Å²) in [7, 11) is 0. The summed E-state index contributed by atoms with van der Waals surface area (Å²) in [6.45, 7) is 3.95. The van der Waals surface area contributed by atoms with Crippen LogP contribution in [0, 0.1) is 11.7 Å². The molecule has 5 heteroatoms. The lowest BCUT2D eigenvalue weighted by molar-refractivity contribution is -0.141. The molecule has 20 heavy (non-hydrogen) atoms. The van der Waals surface area contributed by atoms with Crippen LogP contribution in [-0.2, 0) is 15.0 Å². The normalized spacial score (nSPS) is 19.1. The first-order valence-electron chi connectivity index (χ1n) is 6.61. The van der Waals surface area contributed by atoms with Crippen LogP contribution >= 0.6 is 0 Å². The van der Waals surface area contributed by atoms with Crippen molar-refractivity contribution in [3.8, 4) is 0 Å². The summed E-state index contributed by atoms with van der Waals surface area (Å²) < 4.78 is 13.9. The monoisotopic (exact) mass is 279 g/mol. The minimum absolute atomic E-state index is 0.200. The highest BCUT2D eigenvalue weighted by Crippen LogP contribution is 2.30. The van der Waals surface area contributed by atoms with Crippen molar-refractivity contribution < 1.29 is 19.1 Å². The Hall–Kier alpha value is -1.91. The third-order valence-corrected chi connectivity index (χ3v) is 3.91. The average Bonchev–Trinajstić information content (AvgIpc) is 2.87. The van der Waals surface area contributed by atoms with Gasteiger partial charge >= 0.3 is 5.97 Å². The summed E-state index contributed by atoms with van der Waals surface area (Å²) in [5.74, 6) is -2.05. The molecule has 1 fully saturated rings. The molecule has 0 aromatic heterocycles. The van der Waals surface area contributed by atoms with Gasteiger partial charge in [-0.1, -0.05) is 18.2 Å². The van der Waals surface area contributed by atoms with E-state index in [-0.39, 0.29) is 12.5 Å². The van der Waals surface area contributed by atoms with Gasteiger partial charge in [0.15, 0.2) is 0 Å². The van der Waals surface area contributed by atoms with Gasteiger partial charge in [0.05, 0.1) is 11.3 Å². The van der Waals surface area contributed by atoms with Crippen molar-refractivity contribution in [1.29, 1.82) is 0 Å². The molecule has 1 N–H and O–H groups in total. The van der Waals surface area contributed by atoms with Crippen LogP contribution in [0.3, 0.4) is 0 Å². The van der Waals surface area contributed by atoms with Gasteiger partial charge in [0.1, 0.15) is 5.82 Å². The Labute approximate surface area is 117 Å². The number of halogens is 1. The number of aliphatic carboxylic acids is 1. The van der Waals surface area contributed by atoms with Gasteiger partial charge in [-0.2, -0.15) is 0 Å². The number of carboxylic acids is 1. The number of hydrogen-bond acceptors (Lipinski definition) is 2. The molecule has 0 aliphatic carbocycles. The van der Waals surface area contributed by atoms with Crippen LogP contribution in [0.4, 0.5) is 4.39 Å². The summed E-state index contributed by atoms with van der Waals surface area (Å²) in [5, 5.41) is 8.98. The summed E-state index contributed by atoms with van der Waals surface area (Å²) in [6, 6.07) is 6.19. The molecule has 108 valence electrons. The van der Waals surface area contributed by atoms with Crippen LogP contribution in [0.25, 0.3) is 0 Å². The Balaban J connectivity index is 2.20. The van der Waals surface area contributed by atoms with Crippen molar-refractivity contribution in [1.82, 2.24) is 4.90 Å². The quantitative estimate of drug-likeness (QED) is 0.921. The lowest BCUT2D eigenvalue weighted by atomic mass is 9.83. The fourth-order valence-corrected chi connectivity index (χ4v) is 2.62. The number of carbonyl (C=O) groups is 2. The molecular weight excluding hydrogens is 261 g/mol. The van der Waals surface area contributed by atoms with Crippen molar-refractivity contribution in [2.75, 3.05) is 13.1 Å². The number of nitrogens with zero attached hydrogens (tertiary/aromatic N) is 1. The third-order valence-electron chi connectivity index (χ3n) is 3.91. The molecule has 2 rings (SSSR count). The zero-order chi connectivity index (χ0) is 14.9. The second-order valence-corrected chi connectivity index (χ2v) is 5.68. The van der Waals surface area contributed by atoms with E-state index in [9.17, 15) is 14.0 Å². The van der Waals surface area contributed by atoms with Gasteiger partial charge in [-0.25, -0.2) is 4.39 Å². The highest BCUT2D eigenvalue weighted by Gasteiger charge is 2.39. The summed E-state index contributed by atoms with van der Waals surface area (Å²) in [6.07, 6.45) is 0.453. The minimum Gasteiger partial charge on any atom is -0.481 e. The largest absolute Gasteiger partial charge is 0.481 e.